The summed E-state index contributed by atoms with van der Waals surface area (Å²) >= 11 is 15.4. The third-order valence-corrected chi connectivity index (χ3v) is 2.79. The summed E-state index contributed by atoms with van der Waals surface area (Å²) in [5, 5.41) is 1.30. The fourth-order valence-electron chi connectivity index (χ4n) is 0.549. The smallest absolute Gasteiger partial charge is 0.0565 e. The Hall–Kier alpha value is 0.500. The van der Waals surface area contributed by atoms with E-state index in [1.54, 1.807) is 12.1 Å². The normalized spacial score (nSPS) is 9.90. The van der Waals surface area contributed by atoms with E-state index < -0.39 is 0 Å². The topological polar surface area (TPSA) is 0 Å². The zero-order valence-corrected chi connectivity index (χ0v) is 8.07. The summed E-state index contributed by atoms with van der Waals surface area (Å²) in [6, 6.07) is 5.32. The van der Waals surface area contributed by atoms with Gasteiger partial charge in [0.1, 0.15) is 0 Å². The van der Waals surface area contributed by atoms with Crippen molar-refractivity contribution in [2.75, 3.05) is 0 Å². The molecule has 0 radical (unpaired) electrons. The molecule has 0 unspecified atom stereocenters. The minimum Gasteiger partial charge on any atom is -0.106 e. The van der Waals surface area contributed by atoms with Crippen LogP contribution >= 0.6 is 45.7 Å². The van der Waals surface area contributed by atoms with Gasteiger partial charge in [0, 0.05) is 9.92 Å². The van der Waals surface area contributed by atoms with E-state index in [-0.39, 0.29) is 0 Å². The monoisotopic (exact) mass is 210 g/mol. The van der Waals surface area contributed by atoms with Crippen LogP contribution in [0.3, 0.4) is 0 Å². The second kappa shape index (κ2) is 3.77. The Bertz CT molecular complexity index is 237. The lowest BCUT2D eigenvalue weighted by Gasteiger charge is -1.97. The van der Waals surface area contributed by atoms with E-state index in [1.807, 2.05) is 6.07 Å². The molecule has 0 nitrogen and oxygen atoms in total. The second-order valence-corrected chi connectivity index (χ2v) is 3.68. The summed E-state index contributed by atoms with van der Waals surface area (Å²) < 4.78 is 0. The van der Waals surface area contributed by atoms with E-state index in [4.69, 9.17) is 23.2 Å². The summed E-state index contributed by atoms with van der Waals surface area (Å²) in [6.45, 7) is 0. The lowest BCUT2D eigenvalue weighted by molar-refractivity contribution is 1.48. The molecule has 0 fully saturated rings. The molecule has 4 heteroatoms. The third-order valence-electron chi connectivity index (χ3n) is 0.992. The standard InChI is InChI=1S/C6H4Cl2S2/c7-4-1-2-6(10-9)5(8)3-4/h1-3,9H. The van der Waals surface area contributed by atoms with Crippen LogP contribution in [0, 0.1) is 0 Å². The van der Waals surface area contributed by atoms with Crippen LogP contribution in [0.2, 0.25) is 10.0 Å². The van der Waals surface area contributed by atoms with Crippen LogP contribution in [0.5, 0.6) is 0 Å². The van der Waals surface area contributed by atoms with Crippen molar-refractivity contribution in [2.45, 2.75) is 4.90 Å². The molecule has 0 N–H and O–H groups in total. The van der Waals surface area contributed by atoms with Crippen LogP contribution in [-0.4, -0.2) is 0 Å². The van der Waals surface area contributed by atoms with Gasteiger partial charge in [-0.15, -0.1) is 11.7 Å². The van der Waals surface area contributed by atoms with E-state index in [0.29, 0.717) is 10.0 Å². The summed E-state index contributed by atoms with van der Waals surface area (Å²) in [6.07, 6.45) is 0. The predicted molar refractivity (Wildman–Crippen MR) is 51.3 cm³/mol. The van der Waals surface area contributed by atoms with Gasteiger partial charge in [0.25, 0.3) is 0 Å². The van der Waals surface area contributed by atoms with Gasteiger partial charge >= 0.3 is 0 Å². The molecule has 0 spiro atoms. The van der Waals surface area contributed by atoms with Gasteiger partial charge in [0.2, 0.25) is 0 Å². The van der Waals surface area contributed by atoms with Gasteiger partial charge in [-0.25, -0.2) is 0 Å². The van der Waals surface area contributed by atoms with E-state index in [2.05, 4.69) is 11.7 Å². The molecule has 0 amide bonds. The zero-order valence-electron chi connectivity index (χ0n) is 4.84. The summed E-state index contributed by atoms with van der Waals surface area (Å²) in [4.78, 5) is 0.925. The maximum absolute atomic E-state index is 5.78. The van der Waals surface area contributed by atoms with Gasteiger partial charge in [0.15, 0.2) is 0 Å². The van der Waals surface area contributed by atoms with Crippen molar-refractivity contribution < 1.29 is 0 Å². The minimum absolute atomic E-state index is 0.646. The first-order chi connectivity index (χ1) is 4.74. The molecule has 0 atom stereocenters. The molecule has 1 rings (SSSR count). The molecular formula is C6H4Cl2S2. The molecule has 54 valence electrons. The highest BCUT2D eigenvalue weighted by molar-refractivity contribution is 8.68. The zero-order chi connectivity index (χ0) is 7.56. The maximum Gasteiger partial charge on any atom is 0.0565 e. The Morgan fingerprint density at radius 3 is 2.50 bits per heavy atom. The number of benzene rings is 1. The minimum atomic E-state index is 0.646. The molecule has 0 saturated heterocycles. The quantitative estimate of drug-likeness (QED) is 0.542. The molecular weight excluding hydrogens is 207 g/mol. The highest BCUT2D eigenvalue weighted by atomic mass is 35.5. The Morgan fingerprint density at radius 2 is 2.00 bits per heavy atom. The summed E-state index contributed by atoms with van der Waals surface area (Å²) in [5.74, 6) is 0. The van der Waals surface area contributed by atoms with Crippen molar-refractivity contribution in [2.24, 2.45) is 0 Å². The van der Waals surface area contributed by atoms with Crippen LogP contribution in [0.25, 0.3) is 0 Å². The number of hydrogen-bond acceptors (Lipinski definition) is 2. The molecule has 0 aliphatic heterocycles. The van der Waals surface area contributed by atoms with Gasteiger partial charge < -0.3 is 0 Å². The third kappa shape index (κ3) is 1.99. The van der Waals surface area contributed by atoms with Gasteiger partial charge in [0.05, 0.1) is 5.02 Å². The first-order valence-electron chi connectivity index (χ1n) is 2.50. The van der Waals surface area contributed by atoms with Crippen molar-refractivity contribution in [3.05, 3.63) is 28.2 Å². The van der Waals surface area contributed by atoms with Gasteiger partial charge in [-0.1, -0.05) is 34.0 Å². The number of hydrogen-bond donors (Lipinski definition) is 1. The van der Waals surface area contributed by atoms with E-state index in [1.165, 1.54) is 10.8 Å². The fraction of sp³-hybridized carbons (Fsp3) is 0. The van der Waals surface area contributed by atoms with Crippen molar-refractivity contribution in [1.82, 2.24) is 0 Å². The second-order valence-electron chi connectivity index (χ2n) is 1.67. The average Bonchev–Trinajstić information content (AvgIpc) is 1.88. The molecule has 0 heterocycles. The SMILES string of the molecule is SSc1ccc(Cl)cc1Cl. The Labute approximate surface area is 78.7 Å². The van der Waals surface area contributed by atoms with Crippen molar-refractivity contribution >= 4 is 45.7 Å². The molecule has 10 heavy (non-hydrogen) atoms. The maximum atomic E-state index is 5.78. The van der Waals surface area contributed by atoms with Gasteiger partial charge in [-0.2, -0.15) is 0 Å². The number of halogens is 2. The van der Waals surface area contributed by atoms with Crippen molar-refractivity contribution in [1.29, 1.82) is 0 Å². The van der Waals surface area contributed by atoms with Crippen LogP contribution in [0.4, 0.5) is 0 Å². The molecule has 0 aliphatic rings. The van der Waals surface area contributed by atoms with E-state index in [0.717, 1.165) is 4.90 Å². The molecule has 0 saturated carbocycles. The van der Waals surface area contributed by atoms with Crippen LogP contribution in [0.15, 0.2) is 23.1 Å². The van der Waals surface area contributed by atoms with E-state index >= 15 is 0 Å². The lowest BCUT2D eigenvalue weighted by atomic mass is 10.4. The summed E-state index contributed by atoms with van der Waals surface area (Å²) in [5.41, 5.74) is 0. The lowest BCUT2D eigenvalue weighted by Crippen LogP contribution is -1.69. The Morgan fingerprint density at radius 1 is 1.30 bits per heavy atom. The highest BCUT2D eigenvalue weighted by Gasteiger charge is 1.97. The van der Waals surface area contributed by atoms with Crippen molar-refractivity contribution in [3.8, 4) is 0 Å². The fourth-order valence-corrected chi connectivity index (χ4v) is 1.99. The van der Waals surface area contributed by atoms with Gasteiger partial charge in [-0.3, -0.25) is 0 Å². The molecule has 0 aliphatic carbocycles. The van der Waals surface area contributed by atoms with Gasteiger partial charge in [-0.05, 0) is 18.2 Å². The molecule has 0 bridgehead atoms. The molecule has 1 aromatic rings. The Kier molecular flexibility index (Phi) is 3.24. The van der Waals surface area contributed by atoms with Crippen LogP contribution in [0.1, 0.15) is 0 Å². The Balaban J connectivity index is 3.07. The van der Waals surface area contributed by atoms with Crippen LogP contribution < -0.4 is 0 Å². The first-order valence-corrected chi connectivity index (χ1v) is 5.13. The van der Waals surface area contributed by atoms with Crippen LogP contribution in [-0.2, 0) is 0 Å². The average molecular weight is 211 g/mol. The van der Waals surface area contributed by atoms with Crippen molar-refractivity contribution in [3.63, 3.8) is 0 Å². The highest BCUT2D eigenvalue weighted by Crippen LogP contribution is 2.31. The molecule has 1 aromatic carbocycles. The largest absolute Gasteiger partial charge is 0.106 e. The summed E-state index contributed by atoms with van der Waals surface area (Å²) in [7, 11) is 1.31. The number of thiol groups is 1. The first kappa shape index (κ1) is 8.60. The predicted octanol–water partition coefficient (Wildman–Crippen LogP) is 3.93. The number of rotatable bonds is 1. The van der Waals surface area contributed by atoms with E-state index in [9.17, 15) is 0 Å². The molecule has 0 aromatic heterocycles.